The maximum Gasteiger partial charge on any atom is 0.161 e. The number of alkyl halides is 1. The lowest BCUT2D eigenvalue weighted by Crippen LogP contribution is -1.98. The zero-order valence-corrected chi connectivity index (χ0v) is 8.63. The quantitative estimate of drug-likeness (QED) is 0.738. The summed E-state index contributed by atoms with van der Waals surface area (Å²) in [5.41, 5.74) is 0.838. The number of halogens is 1. The van der Waals surface area contributed by atoms with Gasteiger partial charge in [-0.15, -0.1) is 0 Å². The van der Waals surface area contributed by atoms with Gasteiger partial charge in [0.2, 0.25) is 0 Å². The van der Waals surface area contributed by atoms with E-state index in [1.165, 1.54) is 0 Å². The van der Waals surface area contributed by atoms with E-state index in [0.29, 0.717) is 17.4 Å². The molecule has 14 heavy (non-hydrogen) atoms. The largest absolute Gasteiger partial charge is 0.493 e. The van der Waals surface area contributed by atoms with Crippen LogP contribution in [0.25, 0.3) is 0 Å². The van der Waals surface area contributed by atoms with Gasteiger partial charge >= 0.3 is 0 Å². The van der Waals surface area contributed by atoms with Crippen molar-refractivity contribution < 1.29 is 13.9 Å². The first-order valence-electron chi connectivity index (χ1n) is 4.33. The van der Waals surface area contributed by atoms with E-state index in [9.17, 15) is 4.39 Å². The Labute approximate surface area is 83.6 Å². The van der Waals surface area contributed by atoms with Gasteiger partial charge in [-0.05, 0) is 17.7 Å². The van der Waals surface area contributed by atoms with Gasteiger partial charge in [-0.1, -0.05) is 13.0 Å². The molecule has 0 spiro atoms. The van der Waals surface area contributed by atoms with Crippen LogP contribution in [-0.2, 0) is 0 Å². The summed E-state index contributed by atoms with van der Waals surface area (Å²) in [6.45, 7) is 1.30. The molecule has 1 aromatic carbocycles. The lowest BCUT2D eigenvalue weighted by atomic mass is 10.0. The van der Waals surface area contributed by atoms with Gasteiger partial charge in [0.25, 0.3) is 0 Å². The van der Waals surface area contributed by atoms with Crippen LogP contribution in [0.1, 0.15) is 12.5 Å². The molecule has 2 nitrogen and oxygen atoms in total. The summed E-state index contributed by atoms with van der Waals surface area (Å²) in [5, 5.41) is 0. The Balaban J connectivity index is 3.01. The summed E-state index contributed by atoms with van der Waals surface area (Å²) >= 11 is 0. The minimum atomic E-state index is -0.449. The summed E-state index contributed by atoms with van der Waals surface area (Å²) in [5.74, 6) is 1.96. The van der Waals surface area contributed by atoms with E-state index in [4.69, 9.17) is 9.47 Å². The molecule has 0 saturated carbocycles. The van der Waals surface area contributed by atoms with Crippen LogP contribution in [0.5, 0.6) is 11.5 Å². The lowest BCUT2D eigenvalue weighted by molar-refractivity contribution is 0.354. The van der Waals surface area contributed by atoms with Crippen molar-refractivity contribution in [1.29, 1.82) is 0 Å². The molecule has 0 aliphatic heterocycles. The van der Waals surface area contributed by atoms with E-state index >= 15 is 0 Å². The Bertz CT molecular complexity index is 299. The molecular weight excluding hydrogens is 183 g/mol. The lowest BCUT2D eigenvalue weighted by Gasteiger charge is -2.11. The third-order valence-corrected chi connectivity index (χ3v) is 2.08. The van der Waals surface area contributed by atoms with E-state index in [0.717, 1.165) is 5.56 Å². The maximum absolute atomic E-state index is 12.4. The van der Waals surface area contributed by atoms with Crippen molar-refractivity contribution in [2.75, 3.05) is 20.9 Å². The molecule has 0 N–H and O–H groups in total. The second-order valence-electron chi connectivity index (χ2n) is 2.98. The highest BCUT2D eigenvalue weighted by Gasteiger charge is 2.09. The highest BCUT2D eigenvalue weighted by molar-refractivity contribution is 5.46. The van der Waals surface area contributed by atoms with Gasteiger partial charge in [-0.25, -0.2) is 0 Å². The van der Waals surface area contributed by atoms with E-state index in [2.05, 4.69) is 0 Å². The molecule has 0 fully saturated rings. The highest BCUT2D eigenvalue weighted by atomic mass is 19.1. The topological polar surface area (TPSA) is 18.5 Å². The average Bonchev–Trinajstić information content (AvgIpc) is 2.26. The predicted octanol–water partition coefficient (Wildman–Crippen LogP) is 2.62. The number of methoxy groups -OCH3 is 2. The number of hydrogen-bond donors (Lipinski definition) is 0. The molecule has 0 saturated heterocycles. The Hall–Kier alpha value is -1.25. The fraction of sp³-hybridized carbons (Fsp3) is 0.364. The Morgan fingerprint density at radius 2 is 1.86 bits per heavy atom. The van der Waals surface area contributed by atoms with Gasteiger partial charge < -0.3 is 9.47 Å². The van der Waals surface area contributed by atoms with Crippen LogP contribution in [0.4, 0.5) is 4.39 Å². The van der Waals surface area contributed by atoms with Crippen molar-refractivity contribution in [1.82, 2.24) is 0 Å². The number of rotatable bonds is 4. The summed E-state index contributed by atoms with van der Waals surface area (Å²) < 4.78 is 22.6. The molecule has 1 radical (unpaired) electrons. The molecule has 0 unspecified atom stereocenters. The first-order valence-corrected chi connectivity index (χ1v) is 4.33. The monoisotopic (exact) mass is 197 g/mol. The zero-order chi connectivity index (χ0) is 10.6. The summed E-state index contributed by atoms with van der Waals surface area (Å²) in [7, 11) is 3.13. The van der Waals surface area contributed by atoms with Crippen molar-refractivity contribution in [2.24, 2.45) is 0 Å². The van der Waals surface area contributed by atoms with Crippen molar-refractivity contribution in [3.05, 3.63) is 29.7 Å². The molecule has 0 amide bonds. The van der Waals surface area contributed by atoms with Crippen LogP contribution in [0, 0.1) is 5.92 Å². The molecular formula is C11H14FO2. The SMILES string of the molecule is COc1ccc([C](C)CF)cc1OC. The summed E-state index contributed by atoms with van der Waals surface area (Å²) in [6, 6.07) is 5.36. The predicted molar refractivity (Wildman–Crippen MR) is 53.5 cm³/mol. The minimum absolute atomic E-state index is 0.449. The van der Waals surface area contributed by atoms with Crippen LogP contribution in [0.3, 0.4) is 0 Å². The normalized spacial score (nSPS) is 10.4. The Kier molecular flexibility index (Phi) is 3.74. The molecule has 1 aromatic rings. The van der Waals surface area contributed by atoms with Gasteiger partial charge in [0.15, 0.2) is 11.5 Å². The van der Waals surface area contributed by atoms with Crippen molar-refractivity contribution >= 4 is 0 Å². The Morgan fingerprint density at radius 1 is 1.21 bits per heavy atom. The molecule has 1 rings (SSSR count). The first kappa shape index (κ1) is 10.8. The van der Waals surface area contributed by atoms with E-state index in [1.807, 2.05) is 6.07 Å². The van der Waals surface area contributed by atoms with Gasteiger partial charge in [-0.3, -0.25) is 4.39 Å². The third kappa shape index (κ3) is 2.16. The smallest absolute Gasteiger partial charge is 0.161 e. The zero-order valence-electron chi connectivity index (χ0n) is 8.63. The van der Waals surface area contributed by atoms with Crippen molar-refractivity contribution in [3.63, 3.8) is 0 Å². The minimum Gasteiger partial charge on any atom is -0.493 e. The number of hydrogen-bond acceptors (Lipinski definition) is 2. The molecule has 0 heterocycles. The molecule has 77 valence electrons. The molecule has 3 heteroatoms. The third-order valence-electron chi connectivity index (χ3n) is 2.08. The summed E-state index contributed by atoms with van der Waals surface area (Å²) in [4.78, 5) is 0. The number of benzene rings is 1. The van der Waals surface area contributed by atoms with E-state index < -0.39 is 6.67 Å². The van der Waals surface area contributed by atoms with Crippen LogP contribution < -0.4 is 9.47 Å². The molecule has 0 aliphatic carbocycles. The maximum atomic E-state index is 12.4. The molecule has 0 aromatic heterocycles. The molecule has 0 aliphatic rings. The molecule has 0 bridgehead atoms. The number of ether oxygens (including phenoxy) is 2. The average molecular weight is 197 g/mol. The Morgan fingerprint density at radius 3 is 2.36 bits per heavy atom. The van der Waals surface area contributed by atoms with E-state index in [-0.39, 0.29) is 0 Å². The van der Waals surface area contributed by atoms with Crippen LogP contribution in [0.2, 0.25) is 0 Å². The van der Waals surface area contributed by atoms with Crippen molar-refractivity contribution in [2.45, 2.75) is 6.92 Å². The van der Waals surface area contributed by atoms with Crippen LogP contribution >= 0.6 is 0 Å². The van der Waals surface area contributed by atoms with Crippen molar-refractivity contribution in [3.8, 4) is 11.5 Å². The standard InChI is InChI=1S/C11H14FO2/c1-8(7-12)9-4-5-10(13-2)11(6-9)14-3/h4-6H,7H2,1-3H3. The van der Waals surface area contributed by atoms with Gasteiger partial charge in [-0.2, -0.15) is 0 Å². The van der Waals surface area contributed by atoms with Crippen LogP contribution in [-0.4, -0.2) is 20.9 Å². The van der Waals surface area contributed by atoms with Gasteiger partial charge in [0, 0.05) is 5.92 Å². The van der Waals surface area contributed by atoms with E-state index in [1.54, 1.807) is 33.3 Å². The van der Waals surface area contributed by atoms with Gasteiger partial charge in [0.1, 0.15) is 0 Å². The molecule has 0 atom stereocenters. The second-order valence-corrected chi connectivity index (χ2v) is 2.98. The fourth-order valence-electron chi connectivity index (χ4n) is 1.18. The second kappa shape index (κ2) is 4.84. The first-order chi connectivity index (χ1) is 6.72. The highest BCUT2D eigenvalue weighted by Crippen LogP contribution is 2.30. The fourth-order valence-corrected chi connectivity index (χ4v) is 1.18. The van der Waals surface area contributed by atoms with Crippen LogP contribution in [0.15, 0.2) is 18.2 Å². The summed E-state index contributed by atoms with van der Waals surface area (Å²) in [6.07, 6.45) is 0. The van der Waals surface area contributed by atoms with Gasteiger partial charge in [0.05, 0.1) is 20.9 Å².